The number of benzene rings is 3. The van der Waals surface area contributed by atoms with Gasteiger partial charge in [0.15, 0.2) is 0 Å². The minimum absolute atomic E-state index is 0.567. The van der Waals surface area contributed by atoms with Crippen LogP contribution in [0.1, 0.15) is 17.2 Å². The molecule has 21 heavy (non-hydrogen) atoms. The molecule has 0 radical (unpaired) electrons. The van der Waals surface area contributed by atoms with E-state index in [2.05, 4.69) is 40.2 Å². The van der Waals surface area contributed by atoms with Gasteiger partial charge in [-0.15, -0.1) is 0 Å². The van der Waals surface area contributed by atoms with Gasteiger partial charge in [0.25, 0.3) is 0 Å². The van der Waals surface area contributed by atoms with Gasteiger partial charge in [0, 0.05) is 15.9 Å². The molecule has 0 saturated heterocycles. The van der Waals surface area contributed by atoms with Crippen molar-refractivity contribution in [3.05, 3.63) is 81.3 Å². The predicted molar refractivity (Wildman–Crippen MR) is 91.8 cm³/mol. The summed E-state index contributed by atoms with van der Waals surface area (Å²) in [6.07, 6.45) is 0.00384. The van der Waals surface area contributed by atoms with Crippen molar-refractivity contribution >= 4 is 38.3 Å². The molecule has 3 aromatic rings. The fourth-order valence-corrected chi connectivity index (χ4v) is 3.51. The molecular formula is C18H14BrClO. The topological polar surface area (TPSA) is 20.2 Å². The lowest BCUT2D eigenvalue weighted by Crippen LogP contribution is -2.03. The van der Waals surface area contributed by atoms with Gasteiger partial charge in [-0.25, -0.2) is 0 Å². The van der Waals surface area contributed by atoms with Crippen LogP contribution in [-0.4, -0.2) is 5.11 Å². The zero-order valence-electron chi connectivity index (χ0n) is 11.3. The van der Waals surface area contributed by atoms with Crippen LogP contribution >= 0.6 is 27.5 Å². The summed E-state index contributed by atoms with van der Waals surface area (Å²) in [5.74, 6) is 0. The quantitative estimate of drug-likeness (QED) is 0.650. The van der Waals surface area contributed by atoms with Crippen molar-refractivity contribution < 1.29 is 5.11 Å². The Kier molecular flexibility index (Phi) is 4.29. The Morgan fingerprint density at radius 1 is 1.00 bits per heavy atom. The molecule has 0 aliphatic carbocycles. The van der Waals surface area contributed by atoms with Crippen molar-refractivity contribution in [1.29, 1.82) is 0 Å². The Morgan fingerprint density at radius 3 is 2.57 bits per heavy atom. The van der Waals surface area contributed by atoms with Crippen LogP contribution in [0.25, 0.3) is 10.8 Å². The molecule has 0 aromatic heterocycles. The molecule has 0 aliphatic heterocycles. The molecule has 3 heteroatoms. The van der Waals surface area contributed by atoms with Crippen molar-refractivity contribution in [2.45, 2.75) is 12.5 Å². The van der Waals surface area contributed by atoms with Crippen LogP contribution in [0.2, 0.25) is 5.02 Å². The van der Waals surface area contributed by atoms with Crippen LogP contribution in [0.15, 0.2) is 65.1 Å². The molecule has 0 amide bonds. The summed E-state index contributed by atoms with van der Waals surface area (Å²) in [6, 6.07) is 19.9. The minimum atomic E-state index is -0.567. The summed E-state index contributed by atoms with van der Waals surface area (Å²) in [7, 11) is 0. The van der Waals surface area contributed by atoms with Gasteiger partial charge in [0.2, 0.25) is 0 Å². The van der Waals surface area contributed by atoms with E-state index in [4.69, 9.17) is 11.6 Å². The molecule has 1 unspecified atom stereocenters. The summed E-state index contributed by atoms with van der Waals surface area (Å²) < 4.78 is 0.836. The molecular weight excluding hydrogens is 348 g/mol. The van der Waals surface area contributed by atoms with Crippen molar-refractivity contribution in [1.82, 2.24) is 0 Å². The van der Waals surface area contributed by atoms with Crippen molar-refractivity contribution in [2.24, 2.45) is 0 Å². The molecule has 106 valence electrons. The largest absolute Gasteiger partial charge is 0.388 e. The van der Waals surface area contributed by atoms with Gasteiger partial charge < -0.3 is 5.11 Å². The normalized spacial score (nSPS) is 12.5. The van der Waals surface area contributed by atoms with Gasteiger partial charge in [0.1, 0.15) is 0 Å². The van der Waals surface area contributed by atoms with E-state index in [1.807, 2.05) is 30.3 Å². The minimum Gasteiger partial charge on any atom is -0.388 e. The molecule has 0 spiro atoms. The fraction of sp³-hybridized carbons (Fsp3) is 0.111. The standard InChI is InChI=1S/C18H14BrClO/c19-17-11-14(20)8-9-16(17)18(21)10-13-6-3-5-12-4-1-2-7-15(12)13/h1-9,11,18,21H,10H2. The molecule has 0 heterocycles. The number of fused-ring (bicyclic) bond motifs is 1. The maximum atomic E-state index is 10.5. The van der Waals surface area contributed by atoms with E-state index >= 15 is 0 Å². The Morgan fingerprint density at radius 2 is 1.76 bits per heavy atom. The smallest absolute Gasteiger partial charge is 0.0841 e. The molecule has 0 bridgehead atoms. The Bertz CT molecular complexity index is 780. The highest BCUT2D eigenvalue weighted by atomic mass is 79.9. The number of hydrogen-bond acceptors (Lipinski definition) is 1. The zero-order chi connectivity index (χ0) is 14.8. The van der Waals surface area contributed by atoms with Crippen LogP contribution < -0.4 is 0 Å². The third-order valence-electron chi connectivity index (χ3n) is 3.61. The first-order valence-electron chi connectivity index (χ1n) is 6.75. The molecule has 1 nitrogen and oxygen atoms in total. The van der Waals surface area contributed by atoms with E-state index in [0.29, 0.717) is 11.4 Å². The van der Waals surface area contributed by atoms with Crippen LogP contribution in [0.5, 0.6) is 0 Å². The molecule has 0 saturated carbocycles. The lowest BCUT2D eigenvalue weighted by molar-refractivity contribution is 0.178. The Balaban J connectivity index is 1.94. The summed E-state index contributed by atoms with van der Waals surface area (Å²) >= 11 is 9.41. The Hall–Kier alpha value is -1.35. The average molecular weight is 362 g/mol. The second-order valence-corrected chi connectivity index (χ2v) is 6.31. The first-order valence-corrected chi connectivity index (χ1v) is 7.92. The van der Waals surface area contributed by atoms with E-state index in [-0.39, 0.29) is 0 Å². The monoisotopic (exact) mass is 360 g/mol. The number of aliphatic hydroxyl groups is 1. The van der Waals surface area contributed by atoms with E-state index in [0.717, 1.165) is 15.6 Å². The van der Waals surface area contributed by atoms with Gasteiger partial charge >= 0.3 is 0 Å². The van der Waals surface area contributed by atoms with Crippen molar-refractivity contribution in [3.63, 3.8) is 0 Å². The van der Waals surface area contributed by atoms with E-state index in [9.17, 15) is 5.11 Å². The predicted octanol–water partition coefficient (Wildman–Crippen LogP) is 5.53. The van der Waals surface area contributed by atoms with E-state index in [1.165, 1.54) is 10.8 Å². The third kappa shape index (κ3) is 3.13. The van der Waals surface area contributed by atoms with Crippen molar-refractivity contribution in [2.75, 3.05) is 0 Å². The Labute approximate surface area is 137 Å². The number of rotatable bonds is 3. The highest BCUT2D eigenvalue weighted by Crippen LogP contribution is 2.30. The molecule has 1 N–H and O–H groups in total. The number of hydrogen-bond donors (Lipinski definition) is 1. The summed E-state index contributed by atoms with van der Waals surface area (Å²) in [6.45, 7) is 0. The van der Waals surface area contributed by atoms with Crippen LogP contribution in [-0.2, 0) is 6.42 Å². The number of halogens is 2. The van der Waals surface area contributed by atoms with E-state index < -0.39 is 6.10 Å². The molecule has 0 aliphatic rings. The SMILES string of the molecule is OC(Cc1cccc2ccccc12)c1ccc(Cl)cc1Br. The molecule has 1 atom stereocenters. The maximum Gasteiger partial charge on any atom is 0.0841 e. The molecule has 0 fully saturated rings. The summed E-state index contributed by atoms with van der Waals surface area (Å²) in [5.41, 5.74) is 2.00. The average Bonchev–Trinajstić information content (AvgIpc) is 2.47. The van der Waals surface area contributed by atoms with Gasteiger partial charge in [-0.2, -0.15) is 0 Å². The summed E-state index contributed by atoms with van der Waals surface area (Å²) in [5, 5.41) is 13.6. The molecule has 3 aromatic carbocycles. The first-order chi connectivity index (χ1) is 10.1. The number of aliphatic hydroxyl groups excluding tert-OH is 1. The van der Waals surface area contributed by atoms with E-state index in [1.54, 1.807) is 6.07 Å². The zero-order valence-corrected chi connectivity index (χ0v) is 13.6. The lowest BCUT2D eigenvalue weighted by Gasteiger charge is -2.15. The fourth-order valence-electron chi connectivity index (χ4n) is 2.56. The maximum absolute atomic E-state index is 10.5. The third-order valence-corrected chi connectivity index (χ3v) is 4.54. The van der Waals surface area contributed by atoms with Gasteiger partial charge in [-0.3, -0.25) is 0 Å². The lowest BCUT2D eigenvalue weighted by atomic mass is 9.97. The highest BCUT2D eigenvalue weighted by Gasteiger charge is 2.13. The summed E-state index contributed by atoms with van der Waals surface area (Å²) in [4.78, 5) is 0. The molecule has 3 rings (SSSR count). The second kappa shape index (κ2) is 6.18. The van der Waals surface area contributed by atoms with Crippen LogP contribution in [0.3, 0.4) is 0 Å². The van der Waals surface area contributed by atoms with Crippen LogP contribution in [0, 0.1) is 0 Å². The van der Waals surface area contributed by atoms with Crippen molar-refractivity contribution in [3.8, 4) is 0 Å². The second-order valence-electron chi connectivity index (χ2n) is 5.02. The van der Waals surface area contributed by atoms with Gasteiger partial charge in [0.05, 0.1) is 6.10 Å². The first kappa shape index (κ1) is 14.6. The van der Waals surface area contributed by atoms with Gasteiger partial charge in [-0.1, -0.05) is 76.1 Å². The van der Waals surface area contributed by atoms with Crippen LogP contribution in [0.4, 0.5) is 0 Å². The van der Waals surface area contributed by atoms with Gasteiger partial charge in [-0.05, 0) is 34.0 Å². The highest BCUT2D eigenvalue weighted by molar-refractivity contribution is 9.10.